The van der Waals surface area contributed by atoms with E-state index in [1.54, 1.807) is 0 Å². The standard InChI is InChI=1S/C4HF13O3S2/c5-1(6,3(9,10)21(18,19)20)2(7,8)4(11,12)22(13,14,15,16)17/h(H,18,19,20). The zero-order valence-corrected chi connectivity index (χ0v) is 10.6. The van der Waals surface area contributed by atoms with Crippen LogP contribution in [0.4, 0.5) is 54.6 Å². The van der Waals surface area contributed by atoms with E-state index in [0.717, 1.165) is 0 Å². The fourth-order valence-electron chi connectivity index (χ4n) is 0.770. The van der Waals surface area contributed by atoms with Crippen LogP contribution in [-0.2, 0) is 10.1 Å². The summed E-state index contributed by atoms with van der Waals surface area (Å²) in [7, 11) is -20.6. The zero-order valence-electron chi connectivity index (χ0n) is 8.99. The highest BCUT2D eigenvalue weighted by Crippen LogP contribution is 3.06. The van der Waals surface area contributed by atoms with E-state index >= 15 is 0 Å². The molecule has 0 amide bonds. The Labute approximate surface area is 111 Å². The quantitative estimate of drug-likeness (QED) is 0.533. The lowest BCUT2D eigenvalue weighted by atomic mass is 10.2. The van der Waals surface area contributed by atoms with Crippen molar-refractivity contribution < 1.29 is 67.5 Å². The minimum Gasteiger partial charge on any atom is -0.281 e. The summed E-state index contributed by atoms with van der Waals surface area (Å²) in [5.41, 5.74) is 0. The van der Waals surface area contributed by atoms with Gasteiger partial charge in [0.05, 0.1) is 0 Å². The highest BCUT2D eigenvalue weighted by atomic mass is 32.5. The zero-order chi connectivity index (χ0) is 18.9. The van der Waals surface area contributed by atoms with Gasteiger partial charge in [0.1, 0.15) is 0 Å². The van der Waals surface area contributed by atoms with Crippen molar-refractivity contribution >= 4 is 20.3 Å². The van der Waals surface area contributed by atoms with Crippen LogP contribution in [0.2, 0.25) is 0 Å². The fourth-order valence-corrected chi connectivity index (χ4v) is 1.83. The molecular formula is C4HF13O3S2. The SMILES string of the molecule is O=S(=O)(O)C(F)(F)C(F)(F)C(F)(F)C(F)(F)S(F)(F)(F)(F)F. The smallest absolute Gasteiger partial charge is 0.281 e. The third kappa shape index (κ3) is 2.57. The van der Waals surface area contributed by atoms with Gasteiger partial charge >= 0.3 is 42.7 Å². The molecule has 0 radical (unpaired) electrons. The van der Waals surface area contributed by atoms with Gasteiger partial charge in [0, 0.05) is 0 Å². The van der Waals surface area contributed by atoms with Gasteiger partial charge in [-0.2, -0.15) is 43.5 Å². The molecule has 0 saturated carbocycles. The molecule has 0 heterocycles. The lowest BCUT2D eigenvalue weighted by Crippen LogP contribution is -2.66. The molecule has 0 fully saturated rings. The van der Waals surface area contributed by atoms with Gasteiger partial charge in [-0.1, -0.05) is 19.4 Å². The second-order valence-electron chi connectivity index (χ2n) is 3.63. The van der Waals surface area contributed by atoms with Gasteiger partial charge in [0.2, 0.25) is 0 Å². The first-order valence-electron chi connectivity index (χ1n) is 3.96. The Hall–Kier alpha value is -0.650. The van der Waals surface area contributed by atoms with Gasteiger partial charge in [0.25, 0.3) is 0 Å². The Kier molecular flexibility index (Phi) is 3.76. The highest BCUT2D eigenvalue weighted by molar-refractivity contribution is 8.46. The van der Waals surface area contributed by atoms with E-state index < -0.39 is 42.7 Å². The van der Waals surface area contributed by atoms with E-state index in [1.165, 1.54) is 0 Å². The summed E-state index contributed by atoms with van der Waals surface area (Å²) in [6.45, 7) is 0. The minimum absolute atomic E-state index is 7.55. The highest BCUT2D eigenvalue weighted by Gasteiger charge is 2.98. The van der Waals surface area contributed by atoms with E-state index in [0.29, 0.717) is 0 Å². The summed E-state index contributed by atoms with van der Waals surface area (Å²) in [4.78, 5) is 0. The molecule has 0 saturated heterocycles. The van der Waals surface area contributed by atoms with Crippen LogP contribution in [0.25, 0.3) is 0 Å². The molecule has 138 valence electrons. The fraction of sp³-hybridized carbons (Fsp3) is 1.00. The molecular weight excluding hydrogens is 407 g/mol. The number of hydrogen-bond acceptors (Lipinski definition) is 2. The van der Waals surface area contributed by atoms with Crippen molar-refractivity contribution in [2.45, 2.75) is 22.4 Å². The van der Waals surface area contributed by atoms with Crippen LogP contribution < -0.4 is 0 Å². The van der Waals surface area contributed by atoms with Gasteiger partial charge in [-0.25, -0.2) is 0 Å². The predicted molar refractivity (Wildman–Crippen MR) is 44.5 cm³/mol. The van der Waals surface area contributed by atoms with E-state index in [2.05, 4.69) is 0 Å². The summed E-state index contributed by atoms with van der Waals surface area (Å²) >= 11 is 0. The summed E-state index contributed by atoms with van der Waals surface area (Å²) in [5, 5.41) is -16.7. The van der Waals surface area contributed by atoms with E-state index in [9.17, 15) is 63.0 Å². The third-order valence-electron chi connectivity index (χ3n) is 1.93. The van der Waals surface area contributed by atoms with Crippen molar-refractivity contribution in [2.24, 2.45) is 0 Å². The maximum atomic E-state index is 12.5. The molecule has 0 atom stereocenters. The third-order valence-corrected chi connectivity index (χ3v) is 4.06. The lowest BCUT2D eigenvalue weighted by Gasteiger charge is -2.49. The second-order valence-corrected chi connectivity index (χ2v) is 7.54. The summed E-state index contributed by atoms with van der Waals surface area (Å²) in [5.74, 6) is -16.9. The van der Waals surface area contributed by atoms with Crippen LogP contribution in [0, 0.1) is 0 Å². The average Bonchev–Trinajstić information content (AvgIpc) is 2.10. The van der Waals surface area contributed by atoms with Gasteiger partial charge in [-0.3, -0.25) is 4.55 Å². The monoisotopic (exact) mass is 408 g/mol. The minimum atomic E-state index is -12.9. The topological polar surface area (TPSA) is 54.4 Å². The van der Waals surface area contributed by atoms with Crippen LogP contribution in [0.3, 0.4) is 0 Å². The molecule has 0 aliphatic carbocycles. The number of halogens is 13. The lowest BCUT2D eigenvalue weighted by molar-refractivity contribution is -0.332. The molecule has 0 bridgehead atoms. The van der Waals surface area contributed by atoms with Gasteiger partial charge < -0.3 is 0 Å². The molecule has 0 aromatic heterocycles. The van der Waals surface area contributed by atoms with Crippen molar-refractivity contribution in [3.05, 3.63) is 0 Å². The Morgan fingerprint density at radius 3 is 1.14 bits per heavy atom. The number of hydrogen-bond donors (Lipinski definition) is 1. The summed E-state index contributed by atoms with van der Waals surface area (Å²) < 4.78 is 185. The van der Waals surface area contributed by atoms with Crippen LogP contribution in [0.5, 0.6) is 0 Å². The van der Waals surface area contributed by atoms with Crippen molar-refractivity contribution in [1.82, 2.24) is 0 Å². The molecule has 0 aliphatic rings. The van der Waals surface area contributed by atoms with Gasteiger partial charge in [0.15, 0.2) is 0 Å². The molecule has 0 aromatic carbocycles. The van der Waals surface area contributed by atoms with E-state index in [4.69, 9.17) is 4.55 Å². The van der Waals surface area contributed by atoms with E-state index in [-0.39, 0.29) is 0 Å². The van der Waals surface area contributed by atoms with Crippen LogP contribution in [0.1, 0.15) is 0 Å². The second kappa shape index (κ2) is 3.87. The Balaban J connectivity index is 6.64. The summed E-state index contributed by atoms with van der Waals surface area (Å²) in [6, 6.07) is 0. The first-order valence-corrected chi connectivity index (χ1v) is 7.35. The van der Waals surface area contributed by atoms with Crippen LogP contribution in [-0.4, -0.2) is 35.3 Å². The van der Waals surface area contributed by atoms with Crippen molar-refractivity contribution in [2.75, 3.05) is 0 Å². The molecule has 22 heavy (non-hydrogen) atoms. The molecule has 3 nitrogen and oxygen atoms in total. The molecule has 0 rings (SSSR count). The molecule has 0 unspecified atom stereocenters. The largest absolute Gasteiger partial charge is 0.450 e. The Morgan fingerprint density at radius 2 is 0.955 bits per heavy atom. The first-order chi connectivity index (χ1) is 8.75. The number of alkyl halides is 8. The molecule has 1 N–H and O–H groups in total. The molecule has 0 spiro atoms. The first kappa shape index (κ1) is 21.4. The van der Waals surface area contributed by atoms with Crippen molar-refractivity contribution in [1.29, 1.82) is 0 Å². The molecule has 18 heteroatoms. The molecule has 0 aromatic rings. The Morgan fingerprint density at radius 1 is 0.682 bits per heavy atom. The normalized spacial score (nSPS) is 19.5. The maximum Gasteiger partial charge on any atom is 0.450 e. The summed E-state index contributed by atoms with van der Waals surface area (Å²) in [6.07, 6.45) is 0. The maximum absolute atomic E-state index is 12.9. The number of rotatable bonds is 5. The van der Waals surface area contributed by atoms with Gasteiger partial charge in [-0.05, 0) is 0 Å². The van der Waals surface area contributed by atoms with Crippen LogP contribution in [0.15, 0.2) is 0 Å². The van der Waals surface area contributed by atoms with Gasteiger partial charge in [-0.15, -0.1) is 0 Å². The van der Waals surface area contributed by atoms with Crippen molar-refractivity contribution in [3.63, 3.8) is 0 Å². The predicted octanol–water partition coefficient (Wildman–Crippen LogP) is 4.63. The van der Waals surface area contributed by atoms with E-state index in [1.807, 2.05) is 0 Å². The van der Waals surface area contributed by atoms with Crippen LogP contribution >= 0.6 is 10.2 Å². The molecule has 0 aliphatic heterocycles. The Bertz CT molecular complexity index is 570. The van der Waals surface area contributed by atoms with Crippen molar-refractivity contribution in [3.8, 4) is 0 Å². The average molecular weight is 408 g/mol.